The van der Waals surface area contributed by atoms with Gasteiger partial charge in [-0.2, -0.15) is 0 Å². The maximum absolute atomic E-state index is 9.34. The Labute approximate surface area is 90.0 Å². The minimum Gasteiger partial charge on any atom is -0.394 e. The van der Waals surface area contributed by atoms with Gasteiger partial charge in [-0.3, -0.25) is 0 Å². The van der Waals surface area contributed by atoms with Gasteiger partial charge in [-0.25, -0.2) is 9.97 Å². The molecule has 15 heavy (non-hydrogen) atoms. The molecule has 4 nitrogen and oxygen atoms in total. The second-order valence-corrected chi connectivity index (χ2v) is 4.21. The first-order chi connectivity index (χ1) is 7.22. The third-order valence-corrected chi connectivity index (χ3v) is 3.11. The van der Waals surface area contributed by atoms with Crippen LogP contribution in [0.4, 0.5) is 5.95 Å². The van der Waals surface area contributed by atoms with E-state index in [-0.39, 0.29) is 12.6 Å². The van der Waals surface area contributed by atoms with E-state index < -0.39 is 0 Å². The molecule has 1 saturated heterocycles. The van der Waals surface area contributed by atoms with Crippen molar-refractivity contribution in [2.24, 2.45) is 5.92 Å². The van der Waals surface area contributed by atoms with Gasteiger partial charge >= 0.3 is 0 Å². The van der Waals surface area contributed by atoms with Crippen LogP contribution in [-0.4, -0.2) is 34.3 Å². The Balaban J connectivity index is 2.23. The minimum absolute atomic E-state index is 0.173. The SMILES string of the molecule is Cc1ccnc(N2CCC(C)C2CO)n1. The number of hydrogen-bond acceptors (Lipinski definition) is 4. The maximum Gasteiger partial charge on any atom is 0.225 e. The lowest BCUT2D eigenvalue weighted by Gasteiger charge is -2.25. The Bertz CT molecular complexity index is 342. The van der Waals surface area contributed by atoms with E-state index in [9.17, 15) is 5.11 Å². The predicted molar refractivity (Wildman–Crippen MR) is 58.8 cm³/mol. The van der Waals surface area contributed by atoms with Crippen LogP contribution in [0.2, 0.25) is 0 Å². The van der Waals surface area contributed by atoms with E-state index in [0.29, 0.717) is 5.92 Å². The van der Waals surface area contributed by atoms with E-state index in [0.717, 1.165) is 24.6 Å². The number of rotatable bonds is 2. The minimum atomic E-state index is 0.173. The smallest absolute Gasteiger partial charge is 0.225 e. The fraction of sp³-hybridized carbons (Fsp3) is 0.636. The van der Waals surface area contributed by atoms with Crippen molar-refractivity contribution in [3.63, 3.8) is 0 Å². The Kier molecular flexibility index (Phi) is 2.86. The number of aliphatic hydroxyl groups is 1. The quantitative estimate of drug-likeness (QED) is 0.785. The van der Waals surface area contributed by atoms with Crippen LogP contribution in [0.15, 0.2) is 12.3 Å². The summed E-state index contributed by atoms with van der Waals surface area (Å²) in [6.45, 7) is 5.24. The molecule has 0 bridgehead atoms. The zero-order chi connectivity index (χ0) is 10.8. The Morgan fingerprint density at radius 3 is 3.07 bits per heavy atom. The van der Waals surface area contributed by atoms with Gasteiger partial charge in [0.15, 0.2) is 0 Å². The average molecular weight is 207 g/mol. The highest BCUT2D eigenvalue weighted by Gasteiger charge is 2.31. The van der Waals surface area contributed by atoms with Crippen LogP contribution in [0.25, 0.3) is 0 Å². The third kappa shape index (κ3) is 1.95. The molecule has 0 amide bonds. The zero-order valence-electron chi connectivity index (χ0n) is 9.22. The molecule has 2 unspecified atom stereocenters. The van der Waals surface area contributed by atoms with E-state index in [1.54, 1.807) is 6.20 Å². The summed E-state index contributed by atoms with van der Waals surface area (Å²) in [5.41, 5.74) is 0.969. The standard InChI is InChI=1S/C11H17N3O/c1-8-4-6-14(10(8)7-15)11-12-5-3-9(2)13-11/h3,5,8,10,15H,4,6-7H2,1-2H3. The van der Waals surface area contributed by atoms with Gasteiger partial charge < -0.3 is 10.0 Å². The Morgan fingerprint density at radius 2 is 2.40 bits per heavy atom. The van der Waals surface area contributed by atoms with E-state index in [1.165, 1.54) is 0 Å². The van der Waals surface area contributed by atoms with Crippen LogP contribution in [0, 0.1) is 12.8 Å². The van der Waals surface area contributed by atoms with Crippen LogP contribution in [0.5, 0.6) is 0 Å². The van der Waals surface area contributed by atoms with Crippen molar-refractivity contribution in [2.75, 3.05) is 18.1 Å². The normalized spacial score (nSPS) is 25.9. The summed E-state index contributed by atoms with van der Waals surface area (Å²) in [5.74, 6) is 1.26. The third-order valence-electron chi connectivity index (χ3n) is 3.11. The molecule has 0 aromatic carbocycles. The number of aliphatic hydroxyl groups excluding tert-OH is 1. The molecular formula is C11H17N3O. The molecule has 1 aromatic heterocycles. The second kappa shape index (κ2) is 4.14. The number of nitrogens with zero attached hydrogens (tertiary/aromatic N) is 3. The maximum atomic E-state index is 9.34. The zero-order valence-corrected chi connectivity index (χ0v) is 9.22. The first kappa shape index (κ1) is 10.4. The molecular weight excluding hydrogens is 190 g/mol. The van der Waals surface area contributed by atoms with Crippen LogP contribution in [0.3, 0.4) is 0 Å². The number of aromatic nitrogens is 2. The highest BCUT2D eigenvalue weighted by Crippen LogP contribution is 2.26. The fourth-order valence-corrected chi connectivity index (χ4v) is 2.11. The molecule has 1 fully saturated rings. The van der Waals surface area contributed by atoms with E-state index in [4.69, 9.17) is 0 Å². The van der Waals surface area contributed by atoms with Gasteiger partial charge in [0.25, 0.3) is 0 Å². The molecule has 2 rings (SSSR count). The van der Waals surface area contributed by atoms with Crippen LogP contribution >= 0.6 is 0 Å². The van der Waals surface area contributed by atoms with Crippen LogP contribution < -0.4 is 4.90 Å². The first-order valence-electron chi connectivity index (χ1n) is 5.39. The topological polar surface area (TPSA) is 49.2 Å². The predicted octanol–water partition coefficient (Wildman–Crippen LogP) is 0.992. The van der Waals surface area contributed by atoms with Crippen molar-refractivity contribution in [1.82, 2.24) is 9.97 Å². The number of aryl methyl sites for hydroxylation is 1. The second-order valence-electron chi connectivity index (χ2n) is 4.21. The van der Waals surface area contributed by atoms with Gasteiger partial charge in [0.05, 0.1) is 12.6 Å². The highest BCUT2D eigenvalue weighted by atomic mass is 16.3. The first-order valence-corrected chi connectivity index (χ1v) is 5.39. The molecule has 0 spiro atoms. The molecule has 1 aliphatic heterocycles. The summed E-state index contributed by atoms with van der Waals surface area (Å²) >= 11 is 0. The largest absolute Gasteiger partial charge is 0.394 e. The number of hydrogen-bond donors (Lipinski definition) is 1. The summed E-state index contributed by atoms with van der Waals surface area (Å²) in [4.78, 5) is 10.8. The van der Waals surface area contributed by atoms with Crippen molar-refractivity contribution in [3.8, 4) is 0 Å². The Morgan fingerprint density at radius 1 is 1.60 bits per heavy atom. The molecule has 2 heterocycles. The van der Waals surface area contributed by atoms with Crippen molar-refractivity contribution in [3.05, 3.63) is 18.0 Å². The molecule has 4 heteroatoms. The molecule has 82 valence electrons. The van der Waals surface area contributed by atoms with Gasteiger partial charge in [0.2, 0.25) is 5.95 Å². The molecule has 0 radical (unpaired) electrons. The van der Waals surface area contributed by atoms with Gasteiger partial charge in [-0.05, 0) is 25.3 Å². The monoisotopic (exact) mass is 207 g/mol. The fourth-order valence-electron chi connectivity index (χ4n) is 2.11. The Hall–Kier alpha value is -1.16. The van der Waals surface area contributed by atoms with Crippen molar-refractivity contribution < 1.29 is 5.11 Å². The molecule has 0 aliphatic carbocycles. The summed E-state index contributed by atoms with van der Waals surface area (Å²) in [6.07, 6.45) is 2.87. The highest BCUT2D eigenvalue weighted by molar-refractivity contribution is 5.34. The summed E-state index contributed by atoms with van der Waals surface area (Å²) in [5, 5.41) is 9.34. The van der Waals surface area contributed by atoms with Gasteiger partial charge in [0, 0.05) is 18.4 Å². The lowest BCUT2D eigenvalue weighted by atomic mass is 10.0. The van der Waals surface area contributed by atoms with E-state index >= 15 is 0 Å². The summed E-state index contributed by atoms with van der Waals surface area (Å²) < 4.78 is 0. The molecule has 2 atom stereocenters. The lowest BCUT2D eigenvalue weighted by molar-refractivity contribution is 0.244. The van der Waals surface area contributed by atoms with Crippen LogP contribution in [0.1, 0.15) is 19.0 Å². The molecule has 1 aliphatic rings. The van der Waals surface area contributed by atoms with E-state index in [2.05, 4.69) is 21.8 Å². The summed E-state index contributed by atoms with van der Waals surface area (Å²) in [6, 6.07) is 2.06. The molecule has 0 saturated carbocycles. The number of anilines is 1. The molecule has 1 N–H and O–H groups in total. The summed E-state index contributed by atoms with van der Waals surface area (Å²) in [7, 11) is 0. The van der Waals surface area contributed by atoms with Gasteiger partial charge in [0.1, 0.15) is 0 Å². The van der Waals surface area contributed by atoms with Gasteiger partial charge in [-0.1, -0.05) is 6.92 Å². The molecule has 1 aromatic rings. The van der Waals surface area contributed by atoms with Crippen molar-refractivity contribution in [2.45, 2.75) is 26.3 Å². The van der Waals surface area contributed by atoms with Gasteiger partial charge in [-0.15, -0.1) is 0 Å². The van der Waals surface area contributed by atoms with Crippen molar-refractivity contribution >= 4 is 5.95 Å². The van der Waals surface area contributed by atoms with E-state index in [1.807, 2.05) is 13.0 Å². The van der Waals surface area contributed by atoms with Crippen molar-refractivity contribution in [1.29, 1.82) is 0 Å². The van der Waals surface area contributed by atoms with Crippen LogP contribution in [-0.2, 0) is 0 Å². The lowest BCUT2D eigenvalue weighted by Crippen LogP contribution is -2.36. The average Bonchev–Trinajstić information content (AvgIpc) is 2.59.